The van der Waals surface area contributed by atoms with E-state index in [-0.39, 0.29) is 12.2 Å². The molecule has 0 spiro atoms. The van der Waals surface area contributed by atoms with Crippen LogP contribution in [0.5, 0.6) is 0 Å². The van der Waals surface area contributed by atoms with Gasteiger partial charge in [-0.1, -0.05) is 19.9 Å². The van der Waals surface area contributed by atoms with Gasteiger partial charge >= 0.3 is 12.0 Å². The molecular weight excluding hydrogens is 340 g/mol. The first-order valence-electron chi connectivity index (χ1n) is 8.32. The second kappa shape index (κ2) is 7.94. The Kier molecular flexibility index (Phi) is 5.91. The van der Waals surface area contributed by atoms with Gasteiger partial charge in [-0.15, -0.1) is 0 Å². The Morgan fingerprint density at radius 1 is 1.27 bits per heavy atom. The number of rotatable bonds is 7. The molecule has 1 saturated heterocycles. The lowest BCUT2D eigenvalue weighted by atomic mass is 9.93. The van der Waals surface area contributed by atoms with E-state index in [0.29, 0.717) is 18.5 Å². The molecule has 0 radical (unpaired) electrons. The van der Waals surface area contributed by atoms with E-state index in [1.807, 2.05) is 13.8 Å². The smallest absolute Gasteiger partial charge is 0.325 e. The number of methoxy groups -OCH3 is 1. The Bertz CT molecular complexity index is 730. The predicted molar refractivity (Wildman–Crippen MR) is 92.1 cm³/mol. The van der Waals surface area contributed by atoms with Crippen LogP contribution in [0.25, 0.3) is 0 Å². The van der Waals surface area contributed by atoms with Crippen LogP contribution < -0.4 is 10.6 Å². The number of urea groups is 1. The summed E-state index contributed by atoms with van der Waals surface area (Å²) in [6, 6.07) is 4.22. The van der Waals surface area contributed by atoms with Gasteiger partial charge in [0, 0.05) is 0 Å². The van der Waals surface area contributed by atoms with E-state index in [9.17, 15) is 19.2 Å². The number of hydrogen-bond donors (Lipinski definition) is 2. The summed E-state index contributed by atoms with van der Waals surface area (Å²) >= 11 is 0. The van der Waals surface area contributed by atoms with Gasteiger partial charge in [0.25, 0.3) is 5.91 Å². The molecule has 2 rings (SSSR count). The molecular formula is C17H22N4O5. The van der Waals surface area contributed by atoms with Crippen LogP contribution in [-0.2, 0) is 25.5 Å². The topological polar surface area (TPSA) is 118 Å². The molecule has 2 heterocycles. The van der Waals surface area contributed by atoms with Gasteiger partial charge in [-0.05, 0) is 25.0 Å². The number of carbonyl (C=O) groups is 4. The minimum atomic E-state index is -0.948. The summed E-state index contributed by atoms with van der Waals surface area (Å²) in [5, 5.41) is 5.19. The van der Waals surface area contributed by atoms with E-state index in [4.69, 9.17) is 0 Å². The van der Waals surface area contributed by atoms with Crippen molar-refractivity contribution >= 4 is 29.6 Å². The van der Waals surface area contributed by atoms with Gasteiger partial charge in [-0.25, -0.2) is 9.78 Å². The average molecular weight is 362 g/mol. The first-order chi connectivity index (χ1) is 12.3. The van der Waals surface area contributed by atoms with Crippen molar-refractivity contribution in [1.82, 2.24) is 15.2 Å². The Morgan fingerprint density at radius 3 is 2.54 bits per heavy atom. The third kappa shape index (κ3) is 3.98. The highest BCUT2D eigenvalue weighted by Crippen LogP contribution is 2.24. The summed E-state index contributed by atoms with van der Waals surface area (Å²) in [6.07, 6.45) is 0.870. The second-order valence-electron chi connectivity index (χ2n) is 5.93. The fourth-order valence-corrected chi connectivity index (χ4v) is 2.74. The fourth-order valence-electron chi connectivity index (χ4n) is 2.74. The zero-order valence-electron chi connectivity index (χ0n) is 15.0. The molecule has 1 aliphatic heterocycles. The third-order valence-electron chi connectivity index (χ3n) is 4.38. The van der Waals surface area contributed by atoms with Gasteiger partial charge in [-0.2, -0.15) is 0 Å². The number of esters is 1. The molecule has 0 bridgehead atoms. The maximum atomic E-state index is 12.5. The third-order valence-corrected chi connectivity index (χ3v) is 4.38. The lowest BCUT2D eigenvalue weighted by Crippen LogP contribution is -2.46. The van der Waals surface area contributed by atoms with Crippen molar-refractivity contribution in [3.63, 3.8) is 0 Å². The van der Waals surface area contributed by atoms with Crippen molar-refractivity contribution in [3.8, 4) is 0 Å². The molecule has 0 aliphatic carbocycles. The Balaban J connectivity index is 2.03. The van der Waals surface area contributed by atoms with Gasteiger partial charge in [0.2, 0.25) is 5.91 Å². The highest BCUT2D eigenvalue weighted by molar-refractivity contribution is 6.10. The number of nitrogens with one attached hydrogen (secondary N) is 2. The summed E-state index contributed by atoms with van der Waals surface area (Å²) in [6.45, 7) is 3.21. The van der Waals surface area contributed by atoms with Crippen LogP contribution in [0.4, 0.5) is 10.6 Å². The van der Waals surface area contributed by atoms with E-state index < -0.39 is 35.9 Å². The number of hydrogen-bond acceptors (Lipinski definition) is 6. The van der Waals surface area contributed by atoms with Crippen molar-refractivity contribution in [2.24, 2.45) is 0 Å². The minimum absolute atomic E-state index is 0.0251. The lowest BCUT2D eigenvalue weighted by Gasteiger charge is -2.22. The molecule has 9 heteroatoms. The highest BCUT2D eigenvalue weighted by Gasteiger charge is 2.49. The highest BCUT2D eigenvalue weighted by atomic mass is 16.5. The van der Waals surface area contributed by atoms with Gasteiger partial charge in [-0.3, -0.25) is 19.3 Å². The molecule has 26 heavy (non-hydrogen) atoms. The maximum absolute atomic E-state index is 12.5. The molecule has 0 unspecified atom stereocenters. The molecule has 9 nitrogen and oxygen atoms in total. The largest absolute Gasteiger partial charge is 0.469 e. The summed E-state index contributed by atoms with van der Waals surface area (Å²) in [4.78, 5) is 53.1. The van der Waals surface area contributed by atoms with Gasteiger partial charge in [0.05, 0.1) is 19.2 Å². The number of anilines is 1. The van der Waals surface area contributed by atoms with Crippen LogP contribution >= 0.6 is 0 Å². The van der Waals surface area contributed by atoms with Crippen LogP contribution in [0.1, 0.15) is 32.4 Å². The first-order valence-corrected chi connectivity index (χ1v) is 8.32. The van der Waals surface area contributed by atoms with Crippen LogP contribution in [0, 0.1) is 0 Å². The van der Waals surface area contributed by atoms with Gasteiger partial charge in [0.1, 0.15) is 17.9 Å². The molecule has 0 saturated carbocycles. The molecule has 4 amide bonds. The zero-order valence-corrected chi connectivity index (χ0v) is 15.0. The normalized spacial score (nSPS) is 15.6. The van der Waals surface area contributed by atoms with Crippen molar-refractivity contribution in [2.75, 3.05) is 19.0 Å². The predicted octanol–water partition coefficient (Wildman–Crippen LogP) is 0.846. The first kappa shape index (κ1) is 19.4. The van der Waals surface area contributed by atoms with Crippen molar-refractivity contribution in [1.29, 1.82) is 0 Å². The van der Waals surface area contributed by atoms with Crippen LogP contribution in [0.2, 0.25) is 0 Å². The number of amides is 4. The molecule has 0 aromatic carbocycles. The summed E-state index contributed by atoms with van der Waals surface area (Å²) in [7, 11) is 1.28. The zero-order chi connectivity index (χ0) is 19.3. The van der Waals surface area contributed by atoms with E-state index in [2.05, 4.69) is 20.4 Å². The maximum Gasteiger partial charge on any atom is 0.325 e. The fraction of sp³-hybridized carbons (Fsp3) is 0.471. The lowest BCUT2D eigenvalue weighted by molar-refractivity contribution is -0.139. The summed E-state index contributed by atoms with van der Waals surface area (Å²) < 4.78 is 4.57. The van der Waals surface area contributed by atoms with E-state index in [0.717, 1.165) is 4.90 Å². The molecule has 1 aliphatic rings. The molecule has 1 aromatic heterocycles. The standard InChI is InChI=1S/C17H22N4O5/c1-4-17(5-2)15(24)21(16(25)20-17)10-13(22)19-12-8-6-7-11(18-12)9-14(23)26-3/h6-8H,4-5,9-10H2,1-3H3,(H,20,25)(H,18,19,22). The van der Waals surface area contributed by atoms with Crippen LogP contribution in [0.15, 0.2) is 18.2 Å². The quantitative estimate of drug-likeness (QED) is 0.548. The van der Waals surface area contributed by atoms with Gasteiger partial charge < -0.3 is 15.4 Å². The number of carbonyl (C=O) groups excluding carboxylic acids is 4. The Morgan fingerprint density at radius 2 is 1.96 bits per heavy atom. The van der Waals surface area contributed by atoms with E-state index >= 15 is 0 Å². The summed E-state index contributed by atoms with van der Waals surface area (Å²) in [5.74, 6) is -1.19. The van der Waals surface area contributed by atoms with E-state index in [1.54, 1.807) is 18.2 Å². The average Bonchev–Trinajstić information content (AvgIpc) is 2.86. The molecule has 140 valence electrons. The molecule has 2 N–H and O–H groups in total. The van der Waals surface area contributed by atoms with Crippen molar-refractivity contribution in [3.05, 3.63) is 23.9 Å². The molecule has 0 atom stereocenters. The van der Waals surface area contributed by atoms with Crippen LogP contribution in [0.3, 0.4) is 0 Å². The van der Waals surface area contributed by atoms with Gasteiger partial charge in [0.15, 0.2) is 0 Å². The van der Waals surface area contributed by atoms with Crippen molar-refractivity contribution in [2.45, 2.75) is 38.6 Å². The van der Waals surface area contributed by atoms with E-state index in [1.165, 1.54) is 7.11 Å². The number of aromatic nitrogens is 1. The number of pyridine rings is 1. The number of nitrogens with zero attached hydrogens (tertiary/aromatic N) is 2. The Labute approximate surface area is 151 Å². The minimum Gasteiger partial charge on any atom is -0.469 e. The SMILES string of the molecule is CCC1(CC)NC(=O)N(CC(=O)Nc2cccc(CC(=O)OC)n2)C1=O. The molecule has 1 aromatic rings. The monoisotopic (exact) mass is 362 g/mol. The molecule has 1 fully saturated rings. The van der Waals surface area contributed by atoms with Crippen molar-refractivity contribution < 1.29 is 23.9 Å². The number of ether oxygens (including phenoxy) is 1. The van der Waals surface area contributed by atoms with Crippen LogP contribution in [-0.4, -0.2) is 52.9 Å². The number of imide groups is 1. The summed E-state index contributed by atoms with van der Waals surface area (Å²) in [5.41, 5.74) is -0.517. The Hall–Kier alpha value is -2.97. The second-order valence-corrected chi connectivity index (χ2v) is 5.93.